The first-order valence-corrected chi connectivity index (χ1v) is 9.51. The zero-order chi connectivity index (χ0) is 21.1. The van der Waals surface area contributed by atoms with Gasteiger partial charge in [0, 0.05) is 23.1 Å². The number of hydrogen-bond donors (Lipinski definition) is 2. The van der Waals surface area contributed by atoms with Gasteiger partial charge in [0.1, 0.15) is 17.4 Å². The van der Waals surface area contributed by atoms with Crippen LogP contribution in [0.25, 0.3) is 17.2 Å². The first-order valence-electron chi connectivity index (χ1n) is 9.51. The van der Waals surface area contributed by atoms with Gasteiger partial charge < -0.3 is 14.6 Å². The quantitative estimate of drug-likeness (QED) is 0.516. The molecule has 0 spiro atoms. The van der Waals surface area contributed by atoms with Crippen molar-refractivity contribution in [3.05, 3.63) is 77.5 Å². The maximum Gasteiger partial charge on any atom is 0.253 e. The number of aryl methyl sites for hydroxylation is 1. The van der Waals surface area contributed by atoms with Gasteiger partial charge in [0.15, 0.2) is 5.82 Å². The number of carbonyl (C=O) groups is 1. The molecule has 3 aromatic heterocycles. The fourth-order valence-corrected chi connectivity index (χ4v) is 3.33. The van der Waals surface area contributed by atoms with Crippen LogP contribution in [0.4, 0.5) is 0 Å². The molecule has 30 heavy (non-hydrogen) atoms. The Morgan fingerprint density at radius 3 is 2.67 bits per heavy atom. The molecule has 0 radical (unpaired) electrons. The van der Waals surface area contributed by atoms with E-state index in [-0.39, 0.29) is 12.5 Å². The highest BCUT2D eigenvalue weighted by Gasteiger charge is 2.17. The molecule has 4 aromatic rings. The van der Waals surface area contributed by atoms with E-state index in [4.69, 9.17) is 4.74 Å². The van der Waals surface area contributed by atoms with Crippen LogP contribution in [0.1, 0.15) is 27.6 Å². The van der Waals surface area contributed by atoms with Gasteiger partial charge in [0.25, 0.3) is 5.91 Å². The Morgan fingerprint density at radius 2 is 1.97 bits per heavy atom. The normalized spacial score (nSPS) is 10.8. The molecular formula is C22H22N6O2. The summed E-state index contributed by atoms with van der Waals surface area (Å²) in [6.07, 6.45) is 1.73. The molecule has 0 aliphatic carbocycles. The monoisotopic (exact) mass is 402 g/mol. The minimum absolute atomic E-state index is 0.173. The number of aromatic nitrogens is 5. The number of nitrogens with zero attached hydrogens (tertiary/aromatic N) is 4. The van der Waals surface area contributed by atoms with E-state index in [9.17, 15) is 4.79 Å². The summed E-state index contributed by atoms with van der Waals surface area (Å²) < 4.78 is 7.13. The summed E-state index contributed by atoms with van der Waals surface area (Å²) in [7, 11) is 1.62. The second-order valence-electron chi connectivity index (χ2n) is 6.83. The molecule has 0 fully saturated rings. The lowest BCUT2D eigenvalue weighted by Gasteiger charge is -2.08. The maximum absolute atomic E-state index is 12.8. The smallest absolute Gasteiger partial charge is 0.253 e. The molecule has 3 heterocycles. The lowest BCUT2D eigenvalue weighted by molar-refractivity contribution is 0.0949. The van der Waals surface area contributed by atoms with Crippen LogP contribution in [0.15, 0.2) is 54.7 Å². The van der Waals surface area contributed by atoms with Crippen LogP contribution >= 0.6 is 0 Å². The lowest BCUT2D eigenvalue weighted by atomic mass is 10.2. The number of ether oxygens (including phenoxy) is 1. The lowest BCUT2D eigenvalue weighted by Crippen LogP contribution is -2.24. The first-order chi connectivity index (χ1) is 14.6. The van der Waals surface area contributed by atoms with Gasteiger partial charge in [-0.15, -0.1) is 0 Å². The fraction of sp³-hybridized carbons (Fsp3) is 0.182. The van der Waals surface area contributed by atoms with Crippen LogP contribution in [-0.4, -0.2) is 37.7 Å². The van der Waals surface area contributed by atoms with Gasteiger partial charge in [-0.25, -0.2) is 9.97 Å². The number of rotatable bonds is 6. The minimum Gasteiger partial charge on any atom is -0.497 e. The molecule has 0 aliphatic rings. The van der Waals surface area contributed by atoms with E-state index < -0.39 is 0 Å². The van der Waals surface area contributed by atoms with Crippen LogP contribution in [0.3, 0.4) is 0 Å². The van der Waals surface area contributed by atoms with Gasteiger partial charge in [-0.2, -0.15) is 5.10 Å². The largest absolute Gasteiger partial charge is 0.497 e. The molecule has 2 N–H and O–H groups in total. The van der Waals surface area contributed by atoms with Gasteiger partial charge in [-0.05, 0) is 56.3 Å². The van der Waals surface area contributed by atoms with E-state index in [1.807, 2.05) is 66.9 Å². The average Bonchev–Trinajstić information content (AvgIpc) is 3.37. The predicted molar refractivity (Wildman–Crippen MR) is 113 cm³/mol. The second kappa shape index (κ2) is 8.20. The highest BCUT2D eigenvalue weighted by Crippen LogP contribution is 2.20. The molecule has 0 saturated heterocycles. The third-order valence-electron chi connectivity index (χ3n) is 4.85. The van der Waals surface area contributed by atoms with Crippen LogP contribution in [0.2, 0.25) is 0 Å². The number of carbonyl (C=O) groups excluding carboxylic acids is 1. The van der Waals surface area contributed by atoms with E-state index in [1.54, 1.807) is 13.3 Å². The molecule has 8 nitrogen and oxygen atoms in total. The van der Waals surface area contributed by atoms with Gasteiger partial charge in [-0.3, -0.25) is 9.89 Å². The topological polar surface area (TPSA) is 97.7 Å². The number of nitrogens with one attached hydrogen (secondary N) is 2. The van der Waals surface area contributed by atoms with E-state index >= 15 is 0 Å². The van der Waals surface area contributed by atoms with Gasteiger partial charge >= 0.3 is 0 Å². The maximum atomic E-state index is 12.8. The number of benzene rings is 1. The summed E-state index contributed by atoms with van der Waals surface area (Å²) >= 11 is 0. The summed E-state index contributed by atoms with van der Waals surface area (Å²) in [6.45, 7) is 4.11. The van der Waals surface area contributed by atoms with Crippen LogP contribution < -0.4 is 10.1 Å². The van der Waals surface area contributed by atoms with Gasteiger partial charge in [0.2, 0.25) is 0 Å². The van der Waals surface area contributed by atoms with Crippen molar-refractivity contribution in [2.24, 2.45) is 0 Å². The van der Waals surface area contributed by atoms with Crippen molar-refractivity contribution in [2.45, 2.75) is 20.4 Å². The van der Waals surface area contributed by atoms with Crippen LogP contribution in [-0.2, 0) is 6.54 Å². The molecular weight excluding hydrogens is 380 g/mol. The molecule has 8 heteroatoms. The molecule has 4 rings (SSSR count). The summed E-state index contributed by atoms with van der Waals surface area (Å²) in [4.78, 5) is 21.6. The highest BCUT2D eigenvalue weighted by atomic mass is 16.5. The zero-order valence-corrected chi connectivity index (χ0v) is 17.0. The predicted octanol–water partition coefficient (Wildman–Crippen LogP) is 3.21. The summed E-state index contributed by atoms with van der Waals surface area (Å²) in [5.74, 6) is 2.52. The van der Waals surface area contributed by atoms with E-state index in [0.717, 1.165) is 28.5 Å². The number of aromatic amines is 1. The van der Waals surface area contributed by atoms with Gasteiger partial charge in [0.05, 0.1) is 19.2 Å². The average molecular weight is 402 g/mol. The first kappa shape index (κ1) is 19.4. The van der Waals surface area contributed by atoms with Crippen molar-refractivity contribution in [1.29, 1.82) is 0 Å². The number of hydrogen-bond acceptors (Lipinski definition) is 5. The number of pyridine rings is 1. The SMILES string of the molecule is COc1ccc(-c2n[nH]c(CNC(=O)c3cc(C)n(-c4ccccn4)c3C)n2)cc1. The molecule has 0 bridgehead atoms. The zero-order valence-electron chi connectivity index (χ0n) is 17.0. The second-order valence-corrected chi connectivity index (χ2v) is 6.83. The number of methoxy groups -OCH3 is 1. The van der Waals surface area contributed by atoms with E-state index in [0.29, 0.717) is 17.2 Å². The fourth-order valence-electron chi connectivity index (χ4n) is 3.33. The Hall–Kier alpha value is -3.94. The van der Waals surface area contributed by atoms with E-state index in [2.05, 4.69) is 25.5 Å². The Morgan fingerprint density at radius 1 is 1.17 bits per heavy atom. The van der Waals surface area contributed by atoms with Crippen molar-refractivity contribution in [3.8, 4) is 23.0 Å². The number of amides is 1. The third-order valence-corrected chi connectivity index (χ3v) is 4.85. The van der Waals surface area contributed by atoms with Crippen molar-refractivity contribution >= 4 is 5.91 Å². The van der Waals surface area contributed by atoms with Crippen LogP contribution in [0.5, 0.6) is 5.75 Å². The van der Waals surface area contributed by atoms with Crippen molar-refractivity contribution in [1.82, 2.24) is 30.0 Å². The van der Waals surface area contributed by atoms with Crippen molar-refractivity contribution < 1.29 is 9.53 Å². The molecule has 0 saturated carbocycles. The summed E-state index contributed by atoms with van der Waals surface area (Å²) in [5.41, 5.74) is 3.24. The Labute approximate surface area is 174 Å². The Bertz CT molecular complexity index is 1160. The minimum atomic E-state index is -0.173. The van der Waals surface area contributed by atoms with Crippen molar-refractivity contribution in [3.63, 3.8) is 0 Å². The molecule has 1 amide bonds. The van der Waals surface area contributed by atoms with Crippen molar-refractivity contribution in [2.75, 3.05) is 7.11 Å². The summed E-state index contributed by atoms with van der Waals surface area (Å²) in [6, 6.07) is 15.0. The van der Waals surface area contributed by atoms with E-state index in [1.165, 1.54) is 0 Å². The van der Waals surface area contributed by atoms with Crippen LogP contribution in [0, 0.1) is 13.8 Å². The third kappa shape index (κ3) is 3.80. The van der Waals surface area contributed by atoms with Gasteiger partial charge in [-0.1, -0.05) is 6.07 Å². The molecule has 0 unspecified atom stereocenters. The Balaban J connectivity index is 1.46. The molecule has 0 atom stereocenters. The summed E-state index contributed by atoms with van der Waals surface area (Å²) in [5, 5.41) is 10.0. The molecule has 1 aromatic carbocycles. The highest BCUT2D eigenvalue weighted by molar-refractivity contribution is 5.95. The standard InChI is InChI=1S/C22H22N6O2/c1-14-12-18(15(2)28(14)20-6-4-5-11-23-20)22(29)24-13-19-25-21(27-26-19)16-7-9-17(30-3)10-8-16/h4-12H,13H2,1-3H3,(H,24,29)(H,25,26,27). The molecule has 0 aliphatic heterocycles. The molecule has 152 valence electrons. The number of H-pyrrole nitrogens is 1. The Kier molecular flexibility index (Phi) is 5.30.